The fourth-order valence-corrected chi connectivity index (χ4v) is 3.72. The lowest BCUT2D eigenvalue weighted by atomic mass is 10.1. The Labute approximate surface area is 124 Å². The predicted molar refractivity (Wildman–Crippen MR) is 85.4 cm³/mol. The Morgan fingerprint density at radius 3 is 2.95 bits per heavy atom. The van der Waals surface area contributed by atoms with Gasteiger partial charge in [0, 0.05) is 37.5 Å². The molecule has 1 aromatic carbocycles. The van der Waals surface area contributed by atoms with Crippen LogP contribution in [0.5, 0.6) is 0 Å². The highest BCUT2D eigenvalue weighted by molar-refractivity contribution is 7.15. The number of aromatic nitrogens is 1. The van der Waals surface area contributed by atoms with Crippen molar-refractivity contribution in [2.45, 2.75) is 26.3 Å². The molecule has 3 nitrogen and oxygen atoms in total. The first-order valence-corrected chi connectivity index (χ1v) is 8.15. The van der Waals surface area contributed by atoms with E-state index in [4.69, 9.17) is 0 Å². The lowest BCUT2D eigenvalue weighted by Crippen LogP contribution is -2.31. The summed E-state index contributed by atoms with van der Waals surface area (Å²) in [4.78, 5) is 8.66. The van der Waals surface area contributed by atoms with E-state index < -0.39 is 0 Å². The van der Waals surface area contributed by atoms with Crippen LogP contribution in [0, 0.1) is 0 Å². The molecule has 0 spiro atoms. The van der Waals surface area contributed by atoms with E-state index in [1.54, 1.807) is 0 Å². The Hall–Kier alpha value is -1.39. The molecule has 0 amide bonds. The maximum absolute atomic E-state index is 4.67. The van der Waals surface area contributed by atoms with E-state index in [0.717, 1.165) is 44.2 Å². The zero-order chi connectivity index (χ0) is 13.8. The van der Waals surface area contributed by atoms with Crippen molar-refractivity contribution in [2.24, 2.45) is 0 Å². The molecule has 106 valence electrons. The van der Waals surface area contributed by atoms with E-state index in [-0.39, 0.29) is 0 Å². The van der Waals surface area contributed by atoms with Crippen LogP contribution >= 0.6 is 11.3 Å². The number of hydrogen-bond acceptors (Lipinski definition) is 4. The van der Waals surface area contributed by atoms with Gasteiger partial charge in [0.25, 0.3) is 0 Å². The normalized spacial score (nSPS) is 15.1. The van der Waals surface area contributed by atoms with Gasteiger partial charge in [-0.1, -0.05) is 30.3 Å². The third-order valence-corrected chi connectivity index (χ3v) is 4.74. The molecule has 2 aromatic rings. The number of hydrogen-bond donors (Lipinski definition) is 1. The lowest BCUT2D eigenvalue weighted by Gasteiger charge is -2.25. The van der Waals surface area contributed by atoms with Gasteiger partial charge in [0.1, 0.15) is 0 Å². The fraction of sp³-hybridized carbons (Fsp3) is 0.438. The van der Waals surface area contributed by atoms with Gasteiger partial charge >= 0.3 is 0 Å². The summed E-state index contributed by atoms with van der Waals surface area (Å²) >= 11 is 1.82. The second-order valence-electron chi connectivity index (χ2n) is 5.18. The number of anilines is 1. The highest BCUT2D eigenvalue weighted by Crippen LogP contribution is 2.28. The largest absolute Gasteiger partial charge is 0.362 e. The Balaban J connectivity index is 1.58. The van der Waals surface area contributed by atoms with Gasteiger partial charge in [-0.05, 0) is 18.9 Å². The van der Waals surface area contributed by atoms with Crippen LogP contribution in [-0.2, 0) is 19.4 Å². The van der Waals surface area contributed by atoms with Crippen molar-refractivity contribution in [2.75, 3.05) is 25.0 Å². The van der Waals surface area contributed by atoms with Gasteiger partial charge in [-0.3, -0.25) is 4.90 Å². The number of thiazole rings is 1. The first-order valence-electron chi connectivity index (χ1n) is 7.34. The summed E-state index contributed by atoms with van der Waals surface area (Å²) in [5.74, 6) is 0. The van der Waals surface area contributed by atoms with Gasteiger partial charge < -0.3 is 5.32 Å². The average Bonchev–Trinajstić information content (AvgIpc) is 2.88. The highest BCUT2D eigenvalue weighted by atomic mass is 32.1. The van der Waals surface area contributed by atoms with Gasteiger partial charge in [0.2, 0.25) is 0 Å². The van der Waals surface area contributed by atoms with Crippen molar-refractivity contribution >= 4 is 16.5 Å². The minimum absolute atomic E-state index is 0.949. The van der Waals surface area contributed by atoms with Crippen LogP contribution < -0.4 is 5.32 Å². The van der Waals surface area contributed by atoms with Crippen LogP contribution in [0.1, 0.15) is 23.1 Å². The van der Waals surface area contributed by atoms with Crippen LogP contribution in [0.25, 0.3) is 0 Å². The Morgan fingerprint density at radius 2 is 2.15 bits per heavy atom. The summed E-state index contributed by atoms with van der Waals surface area (Å²) in [7, 11) is 0. The second kappa shape index (κ2) is 6.37. The molecule has 1 aliphatic heterocycles. The SMILES string of the molecule is CCNc1nc2c(s1)CN(CCc1ccccc1)CC2. The zero-order valence-electron chi connectivity index (χ0n) is 11.9. The maximum atomic E-state index is 4.67. The summed E-state index contributed by atoms with van der Waals surface area (Å²) in [5.41, 5.74) is 2.73. The van der Waals surface area contributed by atoms with Crippen LogP contribution in [0.15, 0.2) is 30.3 Å². The second-order valence-corrected chi connectivity index (χ2v) is 6.26. The van der Waals surface area contributed by atoms with Crippen LogP contribution in [0.2, 0.25) is 0 Å². The summed E-state index contributed by atoms with van der Waals surface area (Å²) in [6, 6.07) is 10.7. The monoisotopic (exact) mass is 287 g/mol. The van der Waals surface area contributed by atoms with Crippen LogP contribution in [-0.4, -0.2) is 29.5 Å². The molecule has 4 heteroatoms. The van der Waals surface area contributed by atoms with Crippen molar-refractivity contribution < 1.29 is 0 Å². The molecule has 0 atom stereocenters. The van der Waals surface area contributed by atoms with Gasteiger partial charge in [0.15, 0.2) is 5.13 Å². The van der Waals surface area contributed by atoms with E-state index in [9.17, 15) is 0 Å². The van der Waals surface area contributed by atoms with E-state index >= 15 is 0 Å². The number of nitrogens with one attached hydrogen (secondary N) is 1. The van der Waals surface area contributed by atoms with Crippen molar-refractivity contribution in [3.8, 4) is 0 Å². The molecule has 2 heterocycles. The molecule has 0 radical (unpaired) electrons. The molecular weight excluding hydrogens is 266 g/mol. The molecule has 0 unspecified atom stereocenters. The van der Waals surface area contributed by atoms with Gasteiger partial charge in [-0.15, -0.1) is 11.3 Å². The third-order valence-electron chi connectivity index (χ3n) is 3.70. The van der Waals surface area contributed by atoms with Crippen molar-refractivity contribution in [3.63, 3.8) is 0 Å². The minimum atomic E-state index is 0.949. The van der Waals surface area contributed by atoms with Gasteiger partial charge in [-0.25, -0.2) is 4.98 Å². The first kappa shape index (κ1) is 13.6. The third kappa shape index (κ3) is 3.19. The molecule has 0 bridgehead atoms. The predicted octanol–water partition coefficient (Wildman–Crippen LogP) is 3.18. The van der Waals surface area contributed by atoms with E-state index in [0.29, 0.717) is 0 Å². The zero-order valence-corrected chi connectivity index (χ0v) is 12.7. The van der Waals surface area contributed by atoms with Crippen molar-refractivity contribution in [1.82, 2.24) is 9.88 Å². The molecule has 0 fully saturated rings. The Bertz CT molecular complexity index is 550. The lowest BCUT2D eigenvalue weighted by molar-refractivity contribution is 0.259. The highest BCUT2D eigenvalue weighted by Gasteiger charge is 2.20. The van der Waals surface area contributed by atoms with Crippen molar-refractivity contribution in [1.29, 1.82) is 0 Å². The standard InChI is InChI=1S/C16H21N3S/c1-2-17-16-18-14-9-11-19(12-15(14)20-16)10-8-13-6-4-3-5-7-13/h3-7H,2,8-12H2,1H3,(H,17,18). The van der Waals surface area contributed by atoms with Gasteiger partial charge in [0.05, 0.1) is 5.69 Å². The smallest absolute Gasteiger partial charge is 0.183 e. The summed E-state index contributed by atoms with van der Waals surface area (Å²) in [6.45, 7) is 6.40. The van der Waals surface area contributed by atoms with E-state index in [1.807, 2.05) is 11.3 Å². The Morgan fingerprint density at radius 1 is 1.30 bits per heavy atom. The number of nitrogens with zero attached hydrogens (tertiary/aromatic N) is 2. The van der Waals surface area contributed by atoms with E-state index in [1.165, 1.54) is 16.1 Å². The molecule has 3 rings (SSSR count). The quantitative estimate of drug-likeness (QED) is 0.915. The molecule has 0 saturated carbocycles. The molecule has 1 aliphatic rings. The molecule has 0 saturated heterocycles. The van der Waals surface area contributed by atoms with Gasteiger partial charge in [-0.2, -0.15) is 0 Å². The van der Waals surface area contributed by atoms with E-state index in [2.05, 4.69) is 52.5 Å². The molecule has 20 heavy (non-hydrogen) atoms. The van der Waals surface area contributed by atoms with Crippen molar-refractivity contribution in [3.05, 3.63) is 46.5 Å². The van der Waals surface area contributed by atoms with Crippen LogP contribution in [0.4, 0.5) is 5.13 Å². The molecule has 0 aliphatic carbocycles. The Kier molecular flexibility index (Phi) is 4.33. The maximum Gasteiger partial charge on any atom is 0.183 e. The number of rotatable bonds is 5. The summed E-state index contributed by atoms with van der Waals surface area (Å²) in [6.07, 6.45) is 2.22. The number of fused-ring (bicyclic) bond motifs is 1. The first-order chi connectivity index (χ1) is 9.85. The van der Waals surface area contributed by atoms with Crippen LogP contribution in [0.3, 0.4) is 0 Å². The summed E-state index contributed by atoms with van der Waals surface area (Å²) in [5, 5.41) is 4.41. The topological polar surface area (TPSA) is 28.2 Å². The minimum Gasteiger partial charge on any atom is -0.362 e. The number of benzene rings is 1. The molecule has 1 N–H and O–H groups in total. The molecular formula is C16H21N3S. The molecule has 1 aromatic heterocycles. The average molecular weight is 287 g/mol. The summed E-state index contributed by atoms with van der Waals surface area (Å²) < 4.78 is 0. The fourth-order valence-electron chi connectivity index (χ4n) is 2.60.